The molecule has 0 aromatic heterocycles. The molecule has 4 heterocycles. The predicted molar refractivity (Wildman–Crippen MR) is 153 cm³/mol. The molecule has 1 aromatic rings. The maximum absolute atomic E-state index is 13.7. The monoisotopic (exact) mass is 586 g/mol. The summed E-state index contributed by atoms with van der Waals surface area (Å²) in [5.41, 5.74) is 0.339. The van der Waals surface area contributed by atoms with Gasteiger partial charge >= 0.3 is 18.2 Å². The molecule has 5 amide bonds. The Hall–Kier alpha value is -3.74. The van der Waals surface area contributed by atoms with E-state index in [0.29, 0.717) is 50.9 Å². The topological polar surface area (TPSA) is 126 Å². The fraction of sp³-hybridized carbons (Fsp3) is 0.655. The van der Waals surface area contributed by atoms with Crippen LogP contribution in [0.4, 0.5) is 20.1 Å². The molecule has 5 rings (SSSR count). The van der Waals surface area contributed by atoms with Crippen molar-refractivity contribution in [2.45, 2.75) is 51.4 Å². The van der Waals surface area contributed by atoms with E-state index in [4.69, 9.17) is 9.47 Å². The Balaban J connectivity index is 1.21. The third-order valence-corrected chi connectivity index (χ3v) is 8.56. The minimum atomic E-state index is -1.15. The number of benzene rings is 1. The number of piperazine rings is 2. The number of hydrogen-bond donors (Lipinski definition) is 1. The van der Waals surface area contributed by atoms with Gasteiger partial charge in [0.05, 0.1) is 13.7 Å². The van der Waals surface area contributed by atoms with E-state index in [0.717, 1.165) is 30.0 Å². The number of imide groups is 1. The minimum absolute atomic E-state index is 0.169. The highest BCUT2D eigenvalue weighted by Crippen LogP contribution is 2.30. The van der Waals surface area contributed by atoms with Crippen LogP contribution in [0.3, 0.4) is 0 Å². The van der Waals surface area contributed by atoms with Gasteiger partial charge in [-0.05, 0) is 63.8 Å². The summed E-state index contributed by atoms with van der Waals surface area (Å²) in [6.45, 7) is 9.88. The zero-order chi connectivity index (χ0) is 30.2. The SMILES string of the molecule is COc1ccc(N2CCN(C(=O)O)C(N3C(=O)C4CN(CC5CCN(C(=O)OC(C)(C)C)CC5)CCN4C3=O)C2)cc1. The Labute approximate surface area is 246 Å². The van der Waals surface area contributed by atoms with Crippen LogP contribution in [0.15, 0.2) is 24.3 Å². The summed E-state index contributed by atoms with van der Waals surface area (Å²) in [5.74, 6) is 0.731. The third-order valence-electron chi connectivity index (χ3n) is 8.56. The Morgan fingerprint density at radius 2 is 1.64 bits per heavy atom. The highest BCUT2D eigenvalue weighted by atomic mass is 16.6. The van der Waals surface area contributed by atoms with Crippen LogP contribution in [-0.2, 0) is 9.53 Å². The quantitative estimate of drug-likeness (QED) is 0.518. The van der Waals surface area contributed by atoms with Crippen LogP contribution < -0.4 is 9.64 Å². The highest BCUT2D eigenvalue weighted by Gasteiger charge is 2.53. The first kappa shape index (κ1) is 29.7. The summed E-state index contributed by atoms with van der Waals surface area (Å²) < 4.78 is 10.7. The molecule has 0 bridgehead atoms. The second kappa shape index (κ2) is 11.9. The van der Waals surface area contributed by atoms with E-state index in [2.05, 4.69) is 4.90 Å². The van der Waals surface area contributed by atoms with Crippen LogP contribution in [0, 0.1) is 5.92 Å². The lowest BCUT2D eigenvalue weighted by Crippen LogP contribution is -2.63. The maximum Gasteiger partial charge on any atom is 0.410 e. The number of piperidine rings is 1. The van der Waals surface area contributed by atoms with Gasteiger partial charge in [0.15, 0.2) is 0 Å². The molecule has 4 aliphatic heterocycles. The van der Waals surface area contributed by atoms with E-state index in [1.54, 1.807) is 16.9 Å². The van der Waals surface area contributed by atoms with Crippen molar-refractivity contribution >= 4 is 29.8 Å². The first-order valence-corrected chi connectivity index (χ1v) is 14.7. The minimum Gasteiger partial charge on any atom is -0.497 e. The molecular weight excluding hydrogens is 544 g/mol. The van der Waals surface area contributed by atoms with Crippen molar-refractivity contribution in [1.82, 2.24) is 24.5 Å². The Bertz CT molecular complexity index is 1180. The number of carbonyl (C=O) groups is 4. The van der Waals surface area contributed by atoms with Crippen LogP contribution in [0.1, 0.15) is 33.6 Å². The van der Waals surface area contributed by atoms with Crippen LogP contribution in [0.5, 0.6) is 5.75 Å². The molecule has 2 unspecified atom stereocenters. The van der Waals surface area contributed by atoms with Crippen LogP contribution in [-0.4, -0.2) is 138 Å². The van der Waals surface area contributed by atoms with Crippen molar-refractivity contribution in [2.75, 3.05) is 70.9 Å². The number of carboxylic acid groups (broad SMARTS) is 1. The molecule has 1 N–H and O–H groups in total. The van der Waals surface area contributed by atoms with Gasteiger partial charge in [0.2, 0.25) is 0 Å². The first-order valence-electron chi connectivity index (χ1n) is 14.7. The number of rotatable bonds is 5. The lowest BCUT2D eigenvalue weighted by Gasteiger charge is -2.43. The number of anilines is 1. The van der Waals surface area contributed by atoms with Gasteiger partial charge in [-0.1, -0.05) is 0 Å². The second-order valence-corrected chi connectivity index (χ2v) is 12.5. The van der Waals surface area contributed by atoms with Gasteiger partial charge in [0, 0.05) is 58.0 Å². The molecule has 4 fully saturated rings. The summed E-state index contributed by atoms with van der Waals surface area (Å²) in [6, 6.07) is 6.37. The molecule has 4 saturated heterocycles. The summed E-state index contributed by atoms with van der Waals surface area (Å²) >= 11 is 0. The molecule has 0 spiro atoms. The van der Waals surface area contributed by atoms with Crippen LogP contribution in [0.2, 0.25) is 0 Å². The van der Waals surface area contributed by atoms with Crippen molar-refractivity contribution < 1.29 is 33.8 Å². The smallest absolute Gasteiger partial charge is 0.410 e. The predicted octanol–water partition coefficient (Wildman–Crippen LogP) is 2.42. The number of carbonyl (C=O) groups excluding carboxylic acids is 3. The Kier molecular flexibility index (Phi) is 8.40. The highest BCUT2D eigenvalue weighted by molar-refractivity contribution is 6.05. The molecule has 2 atom stereocenters. The normalized spacial score (nSPS) is 24.2. The summed E-state index contributed by atoms with van der Waals surface area (Å²) in [5, 5.41) is 9.95. The number of nitrogens with zero attached hydrogens (tertiary/aromatic N) is 6. The van der Waals surface area contributed by atoms with Crippen molar-refractivity contribution in [3.8, 4) is 5.75 Å². The number of ether oxygens (including phenoxy) is 2. The maximum atomic E-state index is 13.7. The summed E-state index contributed by atoms with van der Waals surface area (Å²) in [6.07, 6.45) is -0.665. The lowest BCUT2D eigenvalue weighted by molar-refractivity contribution is -0.133. The van der Waals surface area contributed by atoms with E-state index in [1.807, 2.05) is 49.9 Å². The van der Waals surface area contributed by atoms with Crippen LogP contribution in [0.25, 0.3) is 0 Å². The standard InChI is InChI=1S/C29H42N6O7/c1-29(2,3)42-28(40)31-11-9-20(10-12-31)17-30-13-15-33-23(18-30)25(36)35(26(33)37)24-19-32(14-16-34(24)27(38)39)21-5-7-22(41-4)8-6-21/h5-8,20,23-24H,9-19H2,1-4H3,(H,38,39). The van der Waals surface area contributed by atoms with Gasteiger partial charge in [-0.25, -0.2) is 19.3 Å². The number of methoxy groups -OCH3 is 1. The average Bonchev–Trinajstić information content (AvgIpc) is 3.20. The molecule has 42 heavy (non-hydrogen) atoms. The van der Waals surface area contributed by atoms with Gasteiger partial charge in [0.25, 0.3) is 5.91 Å². The van der Waals surface area contributed by atoms with E-state index in [1.165, 1.54) is 4.90 Å². The number of amides is 5. The molecule has 4 aliphatic rings. The molecule has 230 valence electrons. The molecule has 0 radical (unpaired) electrons. The zero-order valence-electron chi connectivity index (χ0n) is 24.9. The number of urea groups is 1. The van der Waals surface area contributed by atoms with Crippen LogP contribution >= 0.6 is 0 Å². The van der Waals surface area contributed by atoms with E-state index >= 15 is 0 Å². The molecule has 13 heteroatoms. The number of likely N-dealkylation sites (tertiary alicyclic amines) is 1. The van der Waals surface area contributed by atoms with Gasteiger partial charge in [0.1, 0.15) is 23.6 Å². The fourth-order valence-electron chi connectivity index (χ4n) is 6.34. The lowest BCUT2D eigenvalue weighted by atomic mass is 9.96. The molecule has 0 saturated carbocycles. The first-order chi connectivity index (χ1) is 19.9. The molecule has 1 aromatic carbocycles. The van der Waals surface area contributed by atoms with E-state index in [9.17, 15) is 24.3 Å². The van der Waals surface area contributed by atoms with E-state index in [-0.39, 0.29) is 25.1 Å². The van der Waals surface area contributed by atoms with E-state index < -0.39 is 29.9 Å². The Morgan fingerprint density at radius 3 is 2.26 bits per heavy atom. The number of hydrogen-bond acceptors (Lipinski definition) is 8. The number of fused-ring (bicyclic) bond motifs is 1. The summed E-state index contributed by atoms with van der Waals surface area (Å²) in [4.78, 5) is 61.8. The fourth-order valence-corrected chi connectivity index (χ4v) is 6.34. The van der Waals surface area contributed by atoms with Crippen molar-refractivity contribution in [2.24, 2.45) is 5.92 Å². The third kappa shape index (κ3) is 6.20. The van der Waals surface area contributed by atoms with Crippen molar-refractivity contribution in [3.63, 3.8) is 0 Å². The Morgan fingerprint density at radius 1 is 0.952 bits per heavy atom. The molecule has 0 aliphatic carbocycles. The largest absolute Gasteiger partial charge is 0.497 e. The second-order valence-electron chi connectivity index (χ2n) is 12.5. The van der Waals surface area contributed by atoms with Gasteiger partial charge in [-0.3, -0.25) is 14.6 Å². The van der Waals surface area contributed by atoms with Gasteiger partial charge < -0.3 is 29.3 Å². The molecule has 13 nitrogen and oxygen atoms in total. The van der Waals surface area contributed by atoms with Crippen molar-refractivity contribution in [3.05, 3.63) is 24.3 Å². The van der Waals surface area contributed by atoms with Gasteiger partial charge in [-0.2, -0.15) is 0 Å². The zero-order valence-corrected chi connectivity index (χ0v) is 24.9. The van der Waals surface area contributed by atoms with Crippen molar-refractivity contribution in [1.29, 1.82) is 0 Å². The average molecular weight is 587 g/mol. The molecular formula is C29H42N6O7. The van der Waals surface area contributed by atoms with Gasteiger partial charge in [-0.15, -0.1) is 0 Å². The summed E-state index contributed by atoms with van der Waals surface area (Å²) in [7, 11) is 1.59.